The van der Waals surface area contributed by atoms with Gasteiger partial charge in [-0.15, -0.1) is 10.2 Å². The van der Waals surface area contributed by atoms with E-state index in [-0.39, 0.29) is 23.4 Å². The maximum Gasteiger partial charge on any atom is 0.286 e. The van der Waals surface area contributed by atoms with E-state index in [4.69, 9.17) is 14.2 Å². The highest BCUT2D eigenvalue weighted by Crippen LogP contribution is 2.32. The van der Waals surface area contributed by atoms with Gasteiger partial charge in [-0.05, 0) is 36.8 Å². The third-order valence-electron chi connectivity index (χ3n) is 6.10. The maximum absolute atomic E-state index is 13.0. The molecule has 9 nitrogen and oxygen atoms in total. The third-order valence-corrected chi connectivity index (χ3v) is 6.99. The molecule has 1 aromatic heterocycles. The van der Waals surface area contributed by atoms with Crippen molar-refractivity contribution in [2.24, 2.45) is 0 Å². The second-order valence-corrected chi connectivity index (χ2v) is 9.55. The average Bonchev–Trinajstić information content (AvgIpc) is 3.54. The first-order valence-corrected chi connectivity index (χ1v) is 12.3. The maximum atomic E-state index is 13.0. The van der Waals surface area contributed by atoms with Crippen molar-refractivity contribution in [3.05, 3.63) is 69.7 Å². The molecule has 2 amide bonds. The molecule has 0 unspecified atom stereocenters. The summed E-state index contributed by atoms with van der Waals surface area (Å²) in [5, 5.41) is 11.7. The molecule has 3 aromatic rings. The minimum atomic E-state index is -0.530. The molecular formula is C25H26N4O5S. The van der Waals surface area contributed by atoms with E-state index in [1.165, 1.54) is 11.3 Å². The molecule has 0 atom stereocenters. The number of anilines is 1. The molecule has 5 rings (SSSR count). The fourth-order valence-electron chi connectivity index (χ4n) is 4.19. The number of hydrogen-bond acceptors (Lipinski definition) is 8. The van der Waals surface area contributed by atoms with Gasteiger partial charge in [0.1, 0.15) is 12.4 Å². The van der Waals surface area contributed by atoms with Gasteiger partial charge in [0.05, 0.1) is 13.2 Å². The number of ether oxygens (including phenoxy) is 3. The van der Waals surface area contributed by atoms with Crippen LogP contribution in [0.4, 0.5) is 5.69 Å². The molecule has 0 bridgehead atoms. The van der Waals surface area contributed by atoms with Gasteiger partial charge in [0.25, 0.3) is 11.8 Å². The van der Waals surface area contributed by atoms with E-state index in [1.54, 1.807) is 29.2 Å². The molecule has 10 heteroatoms. The van der Waals surface area contributed by atoms with Crippen LogP contribution in [-0.4, -0.2) is 59.0 Å². The quantitative estimate of drug-likeness (QED) is 0.558. The normalized spacial score (nSPS) is 16.9. The van der Waals surface area contributed by atoms with Crippen molar-refractivity contribution < 1.29 is 23.8 Å². The summed E-state index contributed by atoms with van der Waals surface area (Å²) in [5.41, 5.74) is 2.05. The van der Waals surface area contributed by atoms with Gasteiger partial charge in [-0.25, -0.2) is 0 Å². The molecule has 182 valence electrons. The number of nitrogens with one attached hydrogen (secondary N) is 1. The van der Waals surface area contributed by atoms with Crippen molar-refractivity contribution >= 4 is 28.8 Å². The summed E-state index contributed by atoms with van der Waals surface area (Å²) < 4.78 is 17.3. The van der Waals surface area contributed by atoms with Gasteiger partial charge in [0.2, 0.25) is 5.01 Å². The Hall–Kier alpha value is -3.34. The molecule has 2 fully saturated rings. The molecule has 3 heterocycles. The zero-order valence-electron chi connectivity index (χ0n) is 19.4. The van der Waals surface area contributed by atoms with Crippen LogP contribution in [0.3, 0.4) is 0 Å². The van der Waals surface area contributed by atoms with Crippen LogP contribution < -0.4 is 10.1 Å². The zero-order valence-corrected chi connectivity index (χ0v) is 20.2. The lowest BCUT2D eigenvalue weighted by atomic mass is 10.0. The Balaban J connectivity index is 1.18. The Labute approximate surface area is 207 Å². The molecule has 2 aliphatic heterocycles. The fourth-order valence-corrected chi connectivity index (χ4v) is 4.84. The van der Waals surface area contributed by atoms with Crippen LogP contribution in [0.1, 0.15) is 43.6 Å². The highest BCUT2D eigenvalue weighted by atomic mass is 32.1. The lowest BCUT2D eigenvalue weighted by Gasteiger charge is -2.37. The van der Waals surface area contributed by atoms with E-state index in [1.807, 2.05) is 31.2 Å². The topological polar surface area (TPSA) is 103 Å². The van der Waals surface area contributed by atoms with Crippen LogP contribution in [0.2, 0.25) is 0 Å². The summed E-state index contributed by atoms with van der Waals surface area (Å²) in [6.45, 7) is 4.53. The number of carbonyl (C=O) groups excluding carboxylic acids is 2. The van der Waals surface area contributed by atoms with Crippen molar-refractivity contribution in [3.63, 3.8) is 0 Å². The van der Waals surface area contributed by atoms with E-state index >= 15 is 0 Å². The Morgan fingerprint density at radius 2 is 1.86 bits per heavy atom. The number of carbonyl (C=O) groups is 2. The predicted molar refractivity (Wildman–Crippen MR) is 130 cm³/mol. The number of hydrogen-bond donors (Lipinski definition) is 1. The monoisotopic (exact) mass is 494 g/mol. The largest absolute Gasteiger partial charge is 0.486 e. The number of benzene rings is 2. The summed E-state index contributed by atoms with van der Waals surface area (Å²) in [5.74, 6) is -0.231. The molecule has 1 N–H and O–H groups in total. The van der Waals surface area contributed by atoms with Gasteiger partial charge in [-0.1, -0.05) is 35.6 Å². The van der Waals surface area contributed by atoms with Crippen LogP contribution in [0.5, 0.6) is 5.75 Å². The first kappa shape index (κ1) is 23.4. The highest BCUT2D eigenvalue weighted by Gasteiger charge is 2.40. The Kier molecular flexibility index (Phi) is 6.76. The Morgan fingerprint density at radius 3 is 2.63 bits per heavy atom. The molecule has 2 aromatic carbocycles. The zero-order chi connectivity index (χ0) is 24.3. The Bertz CT molecular complexity index is 1210. The SMILES string of the molecule is Cc1ccccc1OCc1nnc(C(=O)Nc2cccc(C(=O)N3CCC4(CC3)OCCO4)c2)s1. The summed E-state index contributed by atoms with van der Waals surface area (Å²) >= 11 is 1.17. The van der Waals surface area contributed by atoms with Crippen molar-refractivity contribution in [2.45, 2.75) is 32.2 Å². The van der Waals surface area contributed by atoms with Gasteiger partial charge >= 0.3 is 0 Å². The lowest BCUT2D eigenvalue weighted by Crippen LogP contribution is -2.47. The molecule has 35 heavy (non-hydrogen) atoms. The standard InChI is InChI=1S/C25H26N4O5S/c1-17-5-2-3-8-20(17)32-16-21-27-28-23(35-21)22(30)26-19-7-4-6-18(15-19)24(31)29-11-9-25(10-12-29)33-13-14-34-25/h2-8,15H,9-14,16H2,1H3,(H,26,30). The van der Waals surface area contributed by atoms with E-state index in [2.05, 4.69) is 15.5 Å². The summed E-state index contributed by atoms with van der Waals surface area (Å²) in [6, 6.07) is 14.6. The van der Waals surface area contributed by atoms with Crippen LogP contribution in [0, 0.1) is 6.92 Å². The van der Waals surface area contributed by atoms with Crippen molar-refractivity contribution in [2.75, 3.05) is 31.6 Å². The molecule has 2 aliphatic rings. The van der Waals surface area contributed by atoms with E-state index in [9.17, 15) is 9.59 Å². The fraction of sp³-hybridized carbons (Fsp3) is 0.360. The first-order valence-electron chi connectivity index (χ1n) is 11.5. The molecule has 2 saturated heterocycles. The third kappa shape index (κ3) is 5.34. The van der Waals surface area contributed by atoms with Gasteiger partial charge < -0.3 is 24.4 Å². The van der Waals surface area contributed by atoms with Crippen molar-refractivity contribution in [1.29, 1.82) is 0 Å². The molecule has 0 aliphatic carbocycles. The van der Waals surface area contributed by atoms with Crippen molar-refractivity contribution in [1.82, 2.24) is 15.1 Å². The van der Waals surface area contributed by atoms with E-state index < -0.39 is 5.79 Å². The van der Waals surface area contributed by atoms with Crippen LogP contribution in [0.25, 0.3) is 0 Å². The van der Waals surface area contributed by atoms with Crippen LogP contribution in [0.15, 0.2) is 48.5 Å². The highest BCUT2D eigenvalue weighted by molar-refractivity contribution is 7.13. The number of rotatable bonds is 6. The number of aromatic nitrogens is 2. The van der Waals surface area contributed by atoms with Gasteiger partial charge in [0, 0.05) is 37.2 Å². The number of amides is 2. The van der Waals surface area contributed by atoms with E-state index in [0.29, 0.717) is 55.4 Å². The van der Waals surface area contributed by atoms with Crippen LogP contribution >= 0.6 is 11.3 Å². The molecule has 0 radical (unpaired) electrons. The average molecular weight is 495 g/mol. The van der Waals surface area contributed by atoms with Gasteiger partial charge in [0.15, 0.2) is 10.8 Å². The molecule has 1 spiro atoms. The molecular weight excluding hydrogens is 468 g/mol. The van der Waals surface area contributed by atoms with E-state index in [0.717, 1.165) is 11.3 Å². The lowest BCUT2D eigenvalue weighted by molar-refractivity contribution is -0.181. The number of nitrogens with zero attached hydrogens (tertiary/aromatic N) is 3. The van der Waals surface area contributed by atoms with Crippen molar-refractivity contribution in [3.8, 4) is 5.75 Å². The first-order chi connectivity index (χ1) is 17.0. The summed E-state index contributed by atoms with van der Waals surface area (Å²) in [6.07, 6.45) is 1.31. The minimum absolute atomic E-state index is 0.0829. The van der Waals surface area contributed by atoms with Crippen LogP contribution in [-0.2, 0) is 16.1 Å². The molecule has 0 saturated carbocycles. The van der Waals surface area contributed by atoms with Gasteiger partial charge in [-0.2, -0.15) is 0 Å². The number of aryl methyl sites for hydroxylation is 1. The predicted octanol–water partition coefficient (Wildman–Crippen LogP) is 3.66. The summed E-state index contributed by atoms with van der Waals surface area (Å²) in [4.78, 5) is 27.5. The number of likely N-dealkylation sites (tertiary alicyclic amines) is 1. The smallest absolute Gasteiger partial charge is 0.286 e. The minimum Gasteiger partial charge on any atom is -0.486 e. The second kappa shape index (κ2) is 10.1. The second-order valence-electron chi connectivity index (χ2n) is 8.49. The van der Waals surface area contributed by atoms with Gasteiger partial charge in [-0.3, -0.25) is 9.59 Å². The summed E-state index contributed by atoms with van der Waals surface area (Å²) in [7, 11) is 0. The Morgan fingerprint density at radius 1 is 1.09 bits per heavy atom. The number of piperidine rings is 1. The number of para-hydroxylation sites is 1.